The summed E-state index contributed by atoms with van der Waals surface area (Å²) in [5.74, 6) is -0.0830. The lowest BCUT2D eigenvalue weighted by molar-refractivity contribution is -0.120. The standard InChI is InChI=1S/C19H22Cl2N2O/c1-12-9-13(2)18(17(21)10-12)22-19(24)14(3)23(4)11-15-5-7-16(20)8-6-15/h5-10,14H,11H2,1-4H3,(H,22,24). The molecule has 2 aromatic rings. The van der Waals surface area contributed by atoms with Crippen molar-refractivity contribution in [3.63, 3.8) is 0 Å². The molecule has 128 valence electrons. The van der Waals surface area contributed by atoms with E-state index < -0.39 is 0 Å². The van der Waals surface area contributed by atoms with E-state index in [-0.39, 0.29) is 11.9 Å². The zero-order chi connectivity index (χ0) is 17.9. The molecule has 2 rings (SSSR count). The third-order valence-corrected chi connectivity index (χ3v) is 4.62. The molecule has 0 saturated carbocycles. The molecule has 1 N–H and O–H groups in total. The number of aryl methyl sites for hydroxylation is 2. The highest BCUT2D eigenvalue weighted by Gasteiger charge is 2.20. The molecule has 0 saturated heterocycles. The number of nitrogens with zero attached hydrogens (tertiary/aromatic N) is 1. The second-order valence-corrected chi connectivity index (χ2v) is 6.99. The van der Waals surface area contributed by atoms with Crippen molar-refractivity contribution in [2.45, 2.75) is 33.4 Å². The van der Waals surface area contributed by atoms with Gasteiger partial charge in [0.05, 0.1) is 16.8 Å². The first-order valence-electron chi connectivity index (χ1n) is 7.80. The topological polar surface area (TPSA) is 32.3 Å². The summed E-state index contributed by atoms with van der Waals surface area (Å²) in [6.45, 7) is 6.46. The predicted octanol–water partition coefficient (Wildman–Crippen LogP) is 5.07. The van der Waals surface area contributed by atoms with Gasteiger partial charge in [-0.2, -0.15) is 0 Å². The van der Waals surface area contributed by atoms with Gasteiger partial charge in [0.2, 0.25) is 5.91 Å². The Morgan fingerprint density at radius 2 is 1.79 bits per heavy atom. The molecule has 0 radical (unpaired) electrons. The van der Waals surface area contributed by atoms with Gasteiger partial charge in [-0.15, -0.1) is 0 Å². The minimum absolute atomic E-state index is 0.0830. The molecule has 1 atom stereocenters. The van der Waals surface area contributed by atoms with Gasteiger partial charge in [-0.1, -0.05) is 41.4 Å². The number of halogens is 2. The van der Waals surface area contributed by atoms with Crippen LogP contribution in [0.15, 0.2) is 36.4 Å². The van der Waals surface area contributed by atoms with Crippen molar-refractivity contribution in [2.24, 2.45) is 0 Å². The smallest absolute Gasteiger partial charge is 0.241 e. The fourth-order valence-electron chi connectivity index (χ4n) is 2.52. The molecule has 0 aromatic heterocycles. The Kier molecular flexibility index (Phi) is 6.27. The van der Waals surface area contributed by atoms with Crippen LogP contribution in [-0.2, 0) is 11.3 Å². The minimum Gasteiger partial charge on any atom is -0.323 e. The van der Waals surface area contributed by atoms with Crippen LogP contribution in [0.3, 0.4) is 0 Å². The van der Waals surface area contributed by atoms with Gasteiger partial charge in [0, 0.05) is 11.6 Å². The second-order valence-electron chi connectivity index (χ2n) is 6.15. The predicted molar refractivity (Wildman–Crippen MR) is 102 cm³/mol. The van der Waals surface area contributed by atoms with Gasteiger partial charge in [-0.05, 0) is 62.7 Å². The van der Waals surface area contributed by atoms with Crippen molar-refractivity contribution >= 4 is 34.8 Å². The summed E-state index contributed by atoms with van der Waals surface area (Å²) < 4.78 is 0. The normalized spacial score (nSPS) is 12.3. The van der Waals surface area contributed by atoms with Crippen molar-refractivity contribution in [2.75, 3.05) is 12.4 Å². The molecule has 1 amide bonds. The van der Waals surface area contributed by atoms with E-state index in [1.807, 2.05) is 69.1 Å². The Morgan fingerprint density at radius 3 is 2.38 bits per heavy atom. The van der Waals surface area contributed by atoms with Gasteiger partial charge in [0.25, 0.3) is 0 Å². The Morgan fingerprint density at radius 1 is 1.17 bits per heavy atom. The molecule has 0 fully saturated rings. The van der Waals surface area contributed by atoms with Gasteiger partial charge >= 0.3 is 0 Å². The van der Waals surface area contributed by atoms with Crippen molar-refractivity contribution in [1.29, 1.82) is 0 Å². The molecule has 0 spiro atoms. The van der Waals surface area contributed by atoms with Crippen LogP contribution < -0.4 is 5.32 Å². The molecule has 0 aliphatic heterocycles. The maximum atomic E-state index is 12.6. The molecular weight excluding hydrogens is 343 g/mol. The number of amides is 1. The summed E-state index contributed by atoms with van der Waals surface area (Å²) in [6.07, 6.45) is 0. The number of carbonyl (C=O) groups is 1. The maximum absolute atomic E-state index is 12.6. The first-order chi connectivity index (χ1) is 11.3. The summed E-state index contributed by atoms with van der Waals surface area (Å²) in [6, 6.07) is 11.2. The van der Waals surface area contributed by atoms with Crippen LogP contribution in [0.4, 0.5) is 5.69 Å². The van der Waals surface area contributed by atoms with Gasteiger partial charge in [0.15, 0.2) is 0 Å². The number of benzene rings is 2. The van der Waals surface area contributed by atoms with Crippen molar-refractivity contribution in [1.82, 2.24) is 4.90 Å². The van der Waals surface area contributed by atoms with E-state index in [2.05, 4.69) is 5.32 Å². The zero-order valence-corrected chi connectivity index (χ0v) is 15.9. The number of hydrogen-bond donors (Lipinski definition) is 1. The van der Waals surface area contributed by atoms with E-state index in [4.69, 9.17) is 23.2 Å². The van der Waals surface area contributed by atoms with Gasteiger partial charge in [-0.3, -0.25) is 9.69 Å². The third kappa shape index (κ3) is 4.73. The van der Waals surface area contributed by atoms with Gasteiger partial charge < -0.3 is 5.32 Å². The molecular formula is C19H22Cl2N2O. The molecule has 0 aliphatic rings. The van der Waals surface area contributed by atoms with Crippen LogP contribution in [0.2, 0.25) is 10.0 Å². The zero-order valence-electron chi connectivity index (χ0n) is 14.4. The minimum atomic E-state index is -0.294. The number of anilines is 1. The summed E-state index contributed by atoms with van der Waals surface area (Å²) in [7, 11) is 1.92. The van der Waals surface area contributed by atoms with Crippen LogP contribution in [0.5, 0.6) is 0 Å². The van der Waals surface area contributed by atoms with E-state index in [0.29, 0.717) is 22.3 Å². The Balaban J connectivity index is 2.05. The van der Waals surface area contributed by atoms with E-state index in [9.17, 15) is 4.79 Å². The van der Waals surface area contributed by atoms with Crippen molar-refractivity contribution in [3.8, 4) is 0 Å². The van der Waals surface area contributed by atoms with Crippen LogP contribution in [-0.4, -0.2) is 23.9 Å². The average Bonchev–Trinajstić information content (AvgIpc) is 2.52. The highest BCUT2D eigenvalue weighted by atomic mass is 35.5. The van der Waals surface area contributed by atoms with Crippen LogP contribution in [0, 0.1) is 13.8 Å². The first-order valence-corrected chi connectivity index (χ1v) is 8.56. The highest BCUT2D eigenvalue weighted by Crippen LogP contribution is 2.27. The first kappa shape index (κ1) is 18.8. The number of likely N-dealkylation sites (N-methyl/N-ethyl adjacent to an activating group) is 1. The SMILES string of the molecule is Cc1cc(C)c(NC(=O)C(C)N(C)Cc2ccc(Cl)cc2)c(Cl)c1. The monoisotopic (exact) mass is 364 g/mol. The Hall–Kier alpha value is -1.55. The van der Waals surface area contributed by atoms with Crippen molar-refractivity contribution in [3.05, 3.63) is 63.1 Å². The summed E-state index contributed by atoms with van der Waals surface area (Å²) in [4.78, 5) is 14.5. The van der Waals surface area contributed by atoms with Gasteiger partial charge in [-0.25, -0.2) is 0 Å². The Labute approximate surface area is 153 Å². The number of carbonyl (C=O) groups excluding carboxylic acids is 1. The van der Waals surface area contributed by atoms with E-state index in [0.717, 1.165) is 16.7 Å². The molecule has 24 heavy (non-hydrogen) atoms. The second kappa shape index (κ2) is 8.02. The number of hydrogen-bond acceptors (Lipinski definition) is 2. The number of nitrogens with one attached hydrogen (secondary N) is 1. The molecule has 0 aliphatic carbocycles. The maximum Gasteiger partial charge on any atom is 0.241 e. The van der Waals surface area contributed by atoms with Crippen LogP contribution in [0.1, 0.15) is 23.6 Å². The quantitative estimate of drug-likeness (QED) is 0.802. The largest absolute Gasteiger partial charge is 0.323 e. The molecule has 1 unspecified atom stereocenters. The lowest BCUT2D eigenvalue weighted by Gasteiger charge is -2.24. The number of rotatable bonds is 5. The summed E-state index contributed by atoms with van der Waals surface area (Å²) >= 11 is 12.2. The van der Waals surface area contributed by atoms with Gasteiger partial charge in [0.1, 0.15) is 0 Å². The fraction of sp³-hybridized carbons (Fsp3) is 0.316. The summed E-state index contributed by atoms with van der Waals surface area (Å²) in [5.41, 5.74) is 3.81. The highest BCUT2D eigenvalue weighted by molar-refractivity contribution is 6.34. The Bertz CT molecular complexity index is 706. The van der Waals surface area contributed by atoms with Crippen LogP contribution >= 0.6 is 23.2 Å². The molecule has 0 heterocycles. The lowest BCUT2D eigenvalue weighted by Crippen LogP contribution is -2.39. The lowest BCUT2D eigenvalue weighted by atomic mass is 10.1. The molecule has 5 heteroatoms. The molecule has 3 nitrogen and oxygen atoms in total. The average molecular weight is 365 g/mol. The molecule has 2 aromatic carbocycles. The van der Waals surface area contributed by atoms with Crippen molar-refractivity contribution < 1.29 is 4.79 Å². The fourth-order valence-corrected chi connectivity index (χ4v) is 3.01. The van der Waals surface area contributed by atoms with E-state index in [1.54, 1.807) is 0 Å². The van der Waals surface area contributed by atoms with E-state index >= 15 is 0 Å². The summed E-state index contributed by atoms with van der Waals surface area (Å²) in [5, 5.41) is 4.22. The van der Waals surface area contributed by atoms with E-state index in [1.165, 1.54) is 0 Å². The molecule has 0 bridgehead atoms. The van der Waals surface area contributed by atoms with Crippen LogP contribution in [0.25, 0.3) is 0 Å². The third-order valence-electron chi connectivity index (χ3n) is 4.07.